The number of ether oxygens (including phenoxy) is 2. The van der Waals surface area contributed by atoms with Crippen LogP contribution in [-0.4, -0.2) is 42.9 Å². The molecule has 0 radical (unpaired) electrons. The Kier molecular flexibility index (Phi) is 7.71. The number of hydrogen-bond acceptors (Lipinski definition) is 5. The molecule has 3 aliphatic rings. The second kappa shape index (κ2) is 10.5. The Hall–Kier alpha value is -1.67. The molecule has 0 saturated carbocycles. The van der Waals surface area contributed by atoms with Gasteiger partial charge in [0.15, 0.2) is 0 Å². The molecular weight excluding hydrogens is 506 g/mol. The van der Waals surface area contributed by atoms with E-state index in [9.17, 15) is 4.79 Å². The first-order chi connectivity index (χ1) is 15.2. The predicted octanol–water partition coefficient (Wildman–Crippen LogP) is 2.52. The molecule has 0 N–H and O–H groups in total. The highest BCUT2D eigenvalue weighted by Gasteiger charge is 2.50. The van der Waals surface area contributed by atoms with E-state index < -0.39 is 0 Å². The zero-order chi connectivity index (χ0) is 21.1. The lowest BCUT2D eigenvalue weighted by Gasteiger charge is -2.53. The summed E-state index contributed by atoms with van der Waals surface area (Å²) in [7, 11) is 0. The molecule has 5 heterocycles. The van der Waals surface area contributed by atoms with Crippen molar-refractivity contribution < 1.29 is 35.7 Å². The lowest BCUT2D eigenvalue weighted by Crippen LogP contribution is -3.00. The third-order valence-corrected chi connectivity index (χ3v) is 8.68. The van der Waals surface area contributed by atoms with Crippen LogP contribution in [0.15, 0.2) is 65.4 Å². The topological polar surface area (TPSA) is 35.5 Å². The molecule has 3 fully saturated rings. The average Bonchev–Trinajstić information content (AvgIpc) is 3.51. The van der Waals surface area contributed by atoms with E-state index in [4.69, 9.17) is 9.47 Å². The summed E-state index contributed by atoms with van der Waals surface area (Å²) in [6, 6.07) is 18.1. The third kappa shape index (κ3) is 4.96. The van der Waals surface area contributed by atoms with Gasteiger partial charge >= 0.3 is 5.97 Å². The zero-order valence-corrected chi connectivity index (χ0v) is 21.1. The number of carbonyl (C=O) groups is 1. The highest BCUT2D eigenvalue weighted by atomic mass is 79.9. The van der Waals surface area contributed by atoms with Crippen molar-refractivity contribution in [2.45, 2.75) is 31.4 Å². The monoisotopic (exact) mass is 533 g/mol. The molecule has 4 nitrogen and oxygen atoms in total. The van der Waals surface area contributed by atoms with Crippen LogP contribution in [0.25, 0.3) is 0 Å². The molecule has 1 atom stereocenters. The molecule has 2 bridgehead atoms. The standard InChI is InChI=1S/C25H28NO3S2.BrH/c27-25(24(21-8-4-16-30-21)22-9-5-17-31-22)29-23-18-19-10-12-26(23,13-11-19)14-15-28-20-6-2-1-3-7-20;/h1-9,16-17,19,23-24H,10-15,18H2;1H/q+1;/p-1/t19?,23-,26?;/m1./s1. The lowest BCUT2D eigenvalue weighted by molar-refractivity contribution is -0.984. The maximum absolute atomic E-state index is 13.5. The van der Waals surface area contributed by atoms with Gasteiger partial charge in [-0.1, -0.05) is 30.3 Å². The van der Waals surface area contributed by atoms with Gasteiger partial charge < -0.3 is 26.5 Å². The summed E-state index contributed by atoms with van der Waals surface area (Å²) in [6.45, 7) is 3.66. The van der Waals surface area contributed by atoms with Crippen molar-refractivity contribution in [3.05, 3.63) is 75.1 Å². The van der Waals surface area contributed by atoms with Crippen molar-refractivity contribution in [3.63, 3.8) is 0 Å². The molecule has 1 aromatic carbocycles. The molecule has 0 spiro atoms. The first-order valence-corrected chi connectivity index (χ1v) is 12.8. The minimum atomic E-state index is -0.317. The van der Waals surface area contributed by atoms with Crippen molar-refractivity contribution in [2.75, 3.05) is 26.2 Å². The van der Waals surface area contributed by atoms with E-state index in [-0.39, 0.29) is 35.1 Å². The van der Waals surface area contributed by atoms with Gasteiger partial charge in [-0.3, -0.25) is 9.28 Å². The molecular formula is C25H28BrNO3S2. The van der Waals surface area contributed by atoms with Crippen LogP contribution >= 0.6 is 22.7 Å². The number of fused-ring (bicyclic) bond motifs is 3. The number of esters is 1. The molecule has 0 amide bonds. The van der Waals surface area contributed by atoms with Gasteiger partial charge in [0.1, 0.15) is 24.8 Å². The summed E-state index contributed by atoms with van der Waals surface area (Å²) in [5.41, 5.74) is 0. The molecule has 170 valence electrons. The third-order valence-electron chi connectivity index (χ3n) is 6.80. The van der Waals surface area contributed by atoms with Gasteiger partial charge in [0.2, 0.25) is 6.23 Å². The van der Waals surface area contributed by atoms with Gasteiger partial charge in [0, 0.05) is 29.0 Å². The van der Waals surface area contributed by atoms with Crippen molar-refractivity contribution >= 4 is 28.6 Å². The number of quaternary nitrogens is 1. The molecule has 3 aliphatic heterocycles. The van der Waals surface area contributed by atoms with Gasteiger partial charge in [-0.2, -0.15) is 0 Å². The summed E-state index contributed by atoms with van der Waals surface area (Å²) >= 11 is 3.25. The van der Waals surface area contributed by atoms with Gasteiger partial charge in [-0.25, -0.2) is 0 Å². The normalized spacial score (nSPS) is 24.2. The molecule has 3 aromatic rings. The zero-order valence-electron chi connectivity index (χ0n) is 17.9. The molecule has 0 aliphatic carbocycles. The number of piperidine rings is 3. The summed E-state index contributed by atoms with van der Waals surface area (Å²) in [5, 5.41) is 4.06. The first kappa shape index (κ1) is 23.5. The smallest absolute Gasteiger partial charge is 0.324 e. The summed E-state index contributed by atoms with van der Waals surface area (Å²) in [6.07, 6.45) is 3.34. The highest BCUT2D eigenvalue weighted by Crippen LogP contribution is 2.40. The second-order valence-corrected chi connectivity index (χ2v) is 10.5. The number of thiophene rings is 2. The fourth-order valence-electron chi connectivity index (χ4n) is 5.04. The Balaban J connectivity index is 0.00000245. The number of benzene rings is 1. The number of nitrogens with zero attached hydrogens (tertiary/aromatic N) is 1. The first-order valence-electron chi connectivity index (χ1n) is 11.0. The quantitative estimate of drug-likeness (QED) is 0.329. The fourth-order valence-corrected chi connectivity index (χ4v) is 6.78. The lowest BCUT2D eigenvalue weighted by atomic mass is 9.84. The molecule has 0 unspecified atom stereocenters. The Morgan fingerprint density at radius 1 is 0.969 bits per heavy atom. The van der Waals surface area contributed by atoms with E-state index in [0.29, 0.717) is 12.5 Å². The number of hydrogen-bond donors (Lipinski definition) is 0. The molecule has 6 rings (SSSR count). The van der Waals surface area contributed by atoms with Crippen LogP contribution in [0.1, 0.15) is 34.9 Å². The van der Waals surface area contributed by atoms with Crippen LogP contribution < -0.4 is 21.7 Å². The Labute approximate surface area is 208 Å². The fraction of sp³-hybridized carbons (Fsp3) is 0.400. The number of carbonyl (C=O) groups excluding carboxylic acids is 1. The van der Waals surface area contributed by atoms with E-state index in [2.05, 4.69) is 0 Å². The van der Waals surface area contributed by atoms with E-state index in [0.717, 1.165) is 46.0 Å². The van der Waals surface area contributed by atoms with Gasteiger partial charge in [0.25, 0.3) is 0 Å². The maximum atomic E-state index is 13.5. The highest BCUT2D eigenvalue weighted by molar-refractivity contribution is 7.11. The molecule has 3 saturated heterocycles. The largest absolute Gasteiger partial charge is 1.00 e. The van der Waals surface area contributed by atoms with Gasteiger partial charge in [-0.05, 0) is 40.9 Å². The minimum absolute atomic E-state index is 0. The van der Waals surface area contributed by atoms with Crippen LogP contribution in [0, 0.1) is 5.92 Å². The number of rotatable bonds is 8. The predicted molar refractivity (Wildman–Crippen MR) is 125 cm³/mol. The molecule has 32 heavy (non-hydrogen) atoms. The molecule has 2 aromatic heterocycles. The number of para-hydroxylation sites is 1. The summed E-state index contributed by atoms with van der Waals surface area (Å²) < 4.78 is 13.2. The Morgan fingerprint density at radius 3 is 2.22 bits per heavy atom. The van der Waals surface area contributed by atoms with Crippen molar-refractivity contribution in [1.29, 1.82) is 0 Å². The SMILES string of the molecule is O=C(O[C@@H]1CC2CC[N+]1(CCOc1ccccc1)CC2)C(c1cccs1)c1cccs1.[Br-]. The minimum Gasteiger partial charge on any atom is -1.00 e. The average molecular weight is 535 g/mol. The van der Waals surface area contributed by atoms with Crippen LogP contribution in [0.5, 0.6) is 5.75 Å². The number of halogens is 1. The van der Waals surface area contributed by atoms with Crippen molar-refractivity contribution in [1.82, 2.24) is 0 Å². The van der Waals surface area contributed by atoms with Crippen molar-refractivity contribution in [2.24, 2.45) is 5.92 Å². The van der Waals surface area contributed by atoms with Crippen LogP contribution in [0.4, 0.5) is 0 Å². The van der Waals surface area contributed by atoms with Crippen molar-refractivity contribution in [3.8, 4) is 5.75 Å². The van der Waals surface area contributed by atoms with Crippen LogP contribution in [-0.2, 0) is 9.53 Å². The van der Waals surface area contributed by atoms with Gasteiger partial charge in [0.05, 0.1) is 13.1 Å². The van der Waals surface area contributed by atoms with E-state index in [1.807, 2.05) is 65.4 Å². The van der Waals surface area contributed by atoms with E-state index in [1.54, 1.807) is 22.7 Å². The Morgan fingerprint density at radius 2 is 1.62 bits per heavy atom. The van der Waals surface area contributed by atoms with E-state index in [1.165, 1.54) is 12.8 Å². The van der Waals surface area contributed by atoms with Gasteiger partial charge in [-0.15, -0.1) is 22.7 Å². The maximum Gasteiger partial charge on any atom is 0.324 e. The molecule has 7 heteroatoms. The second-order valence-electron chi connectivity index (χ2n) is 8.59. The van der Waals surface area contributed by atoms with Crippen LogP contribution in [0.2, 0.25) is 0 Å². The summed E-state index contributed by atoms with van der Waals surface area (Å²) in [5.74, 6) is 1.15. The van der Waals surface area contributed by atoms with Crippen LogP contribution in [0.3, 0.4) is 0 Å². The summed E-state index contributed by atoms with van der Waals surface area (Å²) in [4.78, 5) is 15.6. The Bertz CT molecular complexity index is 936. The van der Waals surface area contributed by atoms with E-state index >= 15 is 0 Å².